The van der Waals surface area contributed by atoms with Gasteiger partial charge in [-0.25, -0.2) is 9.36 Å². The fourth-order valence-electron chi connectivity index (χ4n) is 2.01. The number of hydrogen-bond donors (Lipinski definition) is 1. The third kappa shape index (κ3) is 4.29. The van der Waals surface area contributed by atoms with Gasteiger partial charge in [-0.3, -0.25) is 4.79 Å². The Bertz CT molecular complexity index is 649. The Labute approximate surface area is 122 Å². The molecule has 0 saturated heterocycles. The lowest BCUT2D eigenvalue weighted by atomic mass is 10.1. The number of pyridine rings is 1. The van der Waals surface area contributed by atoms with Crippen molar-refractivity contribution in [3.8, 4) is 0 Å². The highest BCUT2D eigenvalue weighted by Crippen LogP contribution is 2.02. The molecule has 0 aliphatic heterocycles. The second-order valence-corrected chi connectivity index (χ2v) is 4.63. The molecule has 1 aromatic carbocycles. The summed E-state index contributed by atoms with van der Waals surface area (Å²) in [5.41, 5.74) is 1.11. The molecule has 0 aliphatic rings. The van der Waals surface area contributed by atoms with E-state index in [-0.39, 0.29) is 0 Å². The molecule has 5 nitrogen and oxygen atoms in total. The van der Waals surface area contributed by atoms with Gasteiger partial charge in [0.2, 0.25) is 0 Å². The molecule has 21 heavy (non-hydrogen) atoms. The first-order valence-corrected chi connectivity index (χ1v) is 6.74. The first-order chi connectivity index (χ1) is 10.2. The maximum absolute atomic E-state index is 11.8. The van der Waals surface area contributed by atoms with Crippen molar-refractivity contribution in [2.75, 3.05) is 6.61 Å². The summed E-state index contributed by atoms with van der Waals surface area (Å²) in [6.07, 6.45) is 1.16. The second kappa shape index (κ2) is 7.40. The van der Waals surface area contributed by atoms with Crippen LogP contribution in [0.15, 0.2) is 53.5 Å². The van der Waals surface area contributed by atoms with Crippen molar-refractivity contribution in [1.82, 2.24) is 4.57 Å². The molecule has 110 valence electrons. The van der Waals surface area contributed by atoms with Gasteiger partial charge in [-0.1, -0.05) is 36.4 Å². The van der Waals surface area contributed by atoms with E-state index in [4.69, 9.17) is 9.84 Å². The van der Waals surface area contributed by atoms with Gasteiger partial charge in [-0.2, -0.15) is 0 Å². The zero-order chi connectivity index (χ0) is 15.1. The monoisotopic (exact) mass is 287 g/mol. The smallest absolute Gasteiger partial charge is 0.418 e. The van der Waals surface area contributed by atoms with Crippen LogP contribution in [0, 0.1) is 0 Å². The molecule has 0 unspecified atom stereocenters. The number of hydrogen-bond acceptors (Lipinski definition) is 3. The van der Waals surface area contributed by atoms with Gasteiger partial charge < -0.3 is 9.84 Å². The molecule has 0 spiro atoms. The molecule has 1 aromatic heterocycles. The molecular formula is C16H17NO4. The Hall–Kier alpha value is -2.40. The van der Waals surface area contributed by atoms with Crippen molar-refractivity contribution in [3.05, 3.63) is 70.1 Å². The van der Waals surface area contributed by atoms with Crippen molar-refractivity contribution in [3.63, 3.8) is 0 Å². The highest BCUT2D eigenvalue weighted by Gasteiger charge is 2.07. The van der Waals surface area contributed by atoms with Crippen LogP contribution in [0.5, 0.6) is 0 Å². The lowest BCUT2D eigenvalue weighted by molar-refractivity contribution is 0.118. The van der Waals surface area contributed by atoms with Crippen LogP contribution < -0.4 is 5.56 Å². The van der Waals surface area contributed by atoms with Gasteiger partial charge in [0, 0.05) is 18.4 Å². The third-order valence-electron chi connectivity index (χ3n) is 3.08. The molecule has 0 amide bonds. The van der Waals surface area contributed by atoms with E-state index in [1.165, 1.54) is 6.20 Å². The summed E-state index contributed by atoms with van der Waals surface area (Å²) in [4.78, 5) is 22.7. The second-order valence-electron chi connectivity index (χ2n) is 4.63. The molecule has 1 heterocycles. The molecular weight excluding hydrogens is 270 g/mol. The normalized spacial score (nSPS) is 10.5. The Balaban J connectivity index is 1.80. The summed E-state index contributed by atoms with van der Waals surface area (Å²) in [6.45, 7) is 1.06. The van der Waals surface area contributed by atoms with Crippen molar-refractivity contribution in [1.29, 1.82) is 0 Å². The zero-order valence-corrected chi connectivity index (χ0v) is 11.6. The first-order valence-electron chi connectivity index (χ1n) is 6.74. The van der Waals surface area contributed by atoms with Gasteiger partial charge in [0.05, 0.1) is 6.61 Å². The fourth-order valence-corrected chi connectivity index (χ4v) is 2.01. The summed E-state index contributed by atoms with van der Waals surface area (Å²) in [5, 5.41) is 8.86. The van der Waals surface area contributed by atoms with Crippen LogP contribution in [0.4, 0.5) is 4.79 Å². The number of aryl methyl sites for hydroxylation is 1. The largest absolute Gasteiger partial charge is 0.464 e. The minimum atomic E-state index is -1.26. The molecule has 2 aromatic rings. The summed E-state index contributed by atoms with van der Waals surface area (Å²) >= 11 is 0. The number of ether oxygens (including phenoxy) is 1. The van der Waals surface area contributed by atoms with E-state index in [1.54, 1.807) is 12.1 Å². The molecule has 2 rings (SSSR count). The Morgan fingerprint density at radius 3 is 2.62 bits per heavy atom. The molecule has 0 bridgehead atoms. The molecule has 0 fully saturated rings. The van der Waals surface area contributed by atoms with E-state index in [1.807, 2.05) is 30.3 Å². The minimum Gasteiger partial charge on any atom is -0.464 e. The summed E-state index contributed by atoms with van der Waals surface area (Å²) < 4.78 is 6.23. The molecule has 1 N–H and O–H groups in total. The van der Waals surface area contributed by atoms with E-state index in [0.717, 1.165) is 5.56 Å². The SMILES string of the molecule is O=C(O)n1cccc(CCCOCc2ccccc2)c1=O. The highest BCUT2D eigenvalue weighted by molar-refractivity contribution is 5.67. The number of benzene rings is 1. The number of nitrogens with zero attached hydrogens (tertiary/aromatic N) is 1. The average Bonchev–Trinajstić information content (AvgIpc) is 2.49. The minimum absolute atomic E-state index is 0.479. The van der Waals surface area contributed by atoms with Crippen LogP contribution in [0.1, 0.15) is 17.5 Å². The lowest BCUT2D eigenvalue weighted by Crippen LogP contribution is -2.27. The Morgan fingerprint density at radius 1 is 1.14 bits per heavy atom. The summed E-state index contributed by atoms with van der Waals surface area (Å²) in [7, 11) is 0. The highest BCUT2D eigenvalue weighted by atomic mass is 16.5. The molecule has 0 aliphatic carbocycles. The van der Waals surface area contributed by atoms with Gasteiger partial charge in [0.25, 0.3) is 5.56 Å². The predicted octanol–water partition coefficient (Wildman–Crippen LogP) is 2.52. The van der Waals surface area contributed by atoms with Crippen molar-refractivity contribution >= 4 is 6.09 Å². The quantitative estimate of drug-likeness (QED) is 0.829. The Morgan fingerprint density at radius 2 is 1.90 bits per heavy atom. The van der Waals surface area contributed by atoms with E-state index >= 15 is 0 Å². The topological polar surface area (TPSA) is 68.5 Å². The van der Waals surface area contributed by atoms with Gasteiger partial charge in [0.1, 0.15) is 0 Å². The number of carboxylic acid groups (broad SMARTS) is 1. The van der Waals surface area contributed by atoms with Gasteiger partial charge in [-0.05, 0) is 24.5 Å². The van der Waals surface area contributed by atoms with Crippen LogP contribution in [0.3, 0.4) is 0 Å². The van der Waals surface area contributed by atoms with Crippen molar-refractivity contribution < 1.29 is 14.6 Å². The maximum atomic E-state index is 11.8. The zero-order valence-electron chi connectivity index (χ0n) is 11.6. The number of aromatic nitrogens is 1. The van der Waals surface area contributed by atoms with Crippen LogP contribution in [-0.2, 0) is 17.8 Å². The van der Waals surface area contributed by atoms with Crippen LogP contribution >= 0.6 is 0 Å². The standard InChI is InChI=1S/C16H17NO4/c18-15-14(8-4-10-17(15)16(19)20)9-5-11-21-12-13-6-2-1-3-7-13/h1-4,6-8,10H,5,9,11-12H2,(H,19,20). The lowest BCUT2D eigenvalue weighted by Gasteiger charge is -2.05. The van der Waals surface area contributed by atoms with E-state index in [9.17, 15) is 9.59 Å². The molecule has 0 atom stereocenters. The van der Waals surface area contributed by atoms with Gasteiger partial charge in [0.15, 0.2) is 0 Å². The maximum Gasteiger partial charge on any atom is 0.418 e. The summed E-state index contributed by atoms with van der Waals surface area (Å²) in [5.74, 6) is 0. The van der Waals surface area contributed by atoms with E-state index < -0.39 is 11.7 Å². The van der Waals surface area contributed by atoms with Crippen LogP contribution in [0.2, 0.25) is 0 Å². The number of carbonyl (C=O) groups is 1. The number of rotatable bonds is 6. The fraction of sp³-hybridized carbons (Fsp3) is 0.250. The predicted molar refractivity (Wildman–Crippen MR) is 78.5 cm³/mol. The Kier molecular flexibility index (Phi) is 5.29. The average molecular weight is 287 g/mol. The molecule has 0 saturated carbocycles. The van der Waals surface area contributed by atoms with Crippen molar-refractivity contribution in [2.24, 2.45) is 0 Å². The van der Waals surface area contributed by atoms with Crippen molar-refractivity contribution in [2.45, 2.75) is 19.4 Å². The summed E-state index contributed by atoms with van der Waals surface area (Å²) in [6, 6.07) is 13.1. The van der Waals surface area contributed by atoms with E-state index in [2.05, 4.69) is 0 Å². The molecule has 5 heteroatoms. The third-order valence-corrected chi connectivity index (χ3v) is 3.08. The van der Waals surface area contributed by atoms with E-state index in [0.29, 0.717) is 36.2 Å². The van der Waals surface area contributed by atoms with Gasteiger partial charge >= 0.3 is 6.09 Å². The van der Waals surface area contributed by atoms with Crippen LogP contribution in [0.25, 0.3) is 0 Å². The first kappa shape index (κ1) is 15.0. The van der Waals surface area contributed by atoms with Crippen LogP contribution in [-0.4, -0.2) is 22.4 Å². The molecule has 0 radical (unpaired) electrons. The van der Waals surface area contributed by atoms with Gasteiger partial charge in [-0.15, -0.1) is 0 Å².